The number of hydrogen-bond donors (Lipinski definition) is 2. The second-order valence-electron chi connectivity index (χ2n) is 6.78. The SMILES string of the molecule is CCCCCCNc1ccc(S(=O)(=O)N2CC[NH+](C)CC2)cc1[N+](=O)[O-]. The molecule has 1 saturated heterocycles. The third-order valence-electron chi connectivity index (χ3n) is 4.73. The Bertz CT molecular complexity index is 715. The molecule has 2 N–H and O–H groups in total. The van der Waals surface area contributed by atoms with Crippen molar-refractivity contribution in [3.63, 3.8) is 0 Å². The number of hydrogen-bond acceptors (Lipinski definition) is 5. The fraction of sp³-hybridized carbons (Fsp3) is 0.647. The van der Waals surface area contributed by atoms with Gasteiger partial charge in [0.2, 0.25) is 10.0 Å². The fourth-order valence-electron chi connectivity index (χ4n) is 3.00. The van der Waals surface area contributed by atoms with E-state index in [0.29, 0.717) is 25.3 Å². The third kappa shape index (κ3) is 5.15. The van der Waals surface area contributed by atoms with Crippen LogP contribution in [0, 0.1) is 10.1 Å². The van der Waals surface area contributed by atoms with Gasteiger partial charge in [0.1, 0.15) is 5.69 Å². The highest BCUT2D eigenvalue weighted by atomic mass is 32.2. The van der Waals surface area contributed by atoms with Gasteiger partial charge in [-0.05, 0) is 18.6 Å². The van der Waals surface area contributed by atoms with Crippen LogP contribution in [0.5, 0.6) is 0 Å². The van der Waals surface area contributed by atoms with Gasteiger partial charge in [0, 0.05) is 12.6 Å². The van der Waals surface area contributed by atoms with Crippen LogP contribution >= 0.6 is 0 Å². The lowest BCUT2D eigenvalue weighted by Crippen LogP contribution is -3.12. The molecule has 0 saturated carbocycles. The normalized spacial score (nSPS) is 16.5. The summed E-state index contributed by atoms with van der Waals surface area (Å²) in [6, 6.07) is 4.14. The van der Waals surface area contributed by atoms with Crippen LogP contribution in [0.4, 0.5) is 11.4 Å². The van der Waals surface area contributed by atoms with Crippen LogP contribution < -0.4 is 10.2 Å². The highest BCUT2D eigenvalue weighted by molar-refractivity contribution is 7.89. The van der Waals surface area contributed by atoms with Crippen molar-refractivity contribution >= 4 is 21.4 Å². The van der Waals surface area contributed by atoms with Crippen molar-refractivity contribution < 1.29 is 18.2 Å². The minimum Gasteiger partial charge on any atom is -0.379 e. The molecular weight excluding hydrogens is 356 g/mol. The second-order valence-corrected chi connectivity index (χ2v) is 8.72. The summed E-state index contributed by atoms with van der Waals surface area (Å²) in [6.07, 6.45) is 4.25. The standard InChI is InChI=1S/C17H28N4O4S/c1-3-4-5-6-9-18-16-8-7-15(14-17(16)21(22)23)26(24,25)20-12-10-19(2)11-13-20/h7-8,14,18H,3-6,9-13H2,1-2H3/p+1. The molecule has 1 aromatic carbocycles. The summed E-state index contributed by atoms with van der Waals surface area (Å²) in [6.45, 7) is 5.09. The molecule has 1 aliphatic heterocycles. The fourth-order valence-corrected chi connectivity index (χ4v) is 4.47. The Morgan fingerprint density at radius 2 is 1.92 bits per heavy atom. The van der Waals surface area contributed by atoms with E-state index in [2.05, 4.69) is 12.2 Å². The summed E-state index contributed by atoms with van der Waals surface area (Å²) < 4.78 is 27.0. The topological polar surface area (TPSA) is 97.0 Å². The first-order valence-electron chi connectivity index (χ1n) is 9.20. The van der Waals surface area contributed by atoms with E-state index in [4.69, 9.17) is 0 Å². The first kappa shape index (κ1) is 20.6. The molecule has 0 aliphatic carbocycles. The number of benzene rings is 1. The summed E-state index contributed by atoms with van der Waals surface area (Å²) in [4.78, 5) is 12.2. The first-order valence-corrected chi connectivity index (χ1v) is 10.6. The van der Waals surface area contributed by atoms with Gasteiger partial charge in [-0.15, -0.1) is 0 Å². The first-order chi connectivity index (χ1) is 12.4. The molecule has 2 rings (SSSR count). The molecule has 1 aromatic rings. The smallest absolute Gasteiger partial charge is 0.293 e. The summed E-state index contributed by atoms with van der Waals surface area (Å²) in [7, 11) is -1.68. The molecular formula is C17H29N4O4S+. The van der Waals surface area contributed by atoms with Crippen molar-refractivity contribution in [2.45, 2.75) is 37.5 Å². The Morgan fingerprint density at radius 3 is 2.54 bits per heavy atom. The average molecular weight is 386 g/mol. The number of rotatable bonds is 9. The summed E-state index contributed by atoms with van der Waals surface area (Å²) in [5, 5.41) is 14.5. The van der Waals surface area contributed by atoms with E-state index < -0.39 is 14.9 Å². The van der Waals surface area contributed by atoms with E-state index >= 15 is 0 Å². The monoisotopic (exact) mass is 385 g/mol. The Kier molecular flexibility index (Phi) is 7.36. The van der Waals surface area contributed by atoms with Gasteiger partial charge >= 0.3 is 0 Å². The maximum absolute atomic E-state index is 12.8. The van der Waals surface area contributed by atoms with E-state index in [-0.39, 0.29) is 10.6 Å². The van der Waals surface area contributed by atoms with Crippen LogP contribution in [-0.4, -0.2) is 57.4 Å². The summed E-state index contributed by atoms with van der Waals surface area (Å²) in [5.74, 6) is 0. The Labute approximate surface area is 155 Å². The lowest BCUT2D eigenvalue weighted by Gasteiger charge is -2.29. The summed E-state index contributed by atoms with van der Waals surface area (Å²) >= 11 is 0. The molecule has 0 bridgehead atoms. The van der Waals surface area contributed by atoms with Crippen LogP contribution in [0.1, 0.15) is 32.6 Å². The zero-order valence-electron chi connectivity index (χ0n) is 15.5. The Morgan fingerprint density at radius 1 is 1.23 bits per heavy atom. The Balaban J connectivity index is 2.15. The van der Waals surface area contributed by atoms with Crippen molar-refractivity contribution in [2.75, 3.05) is 45.1 Å². The van der Waals surface area contributed by atoms with E-state index in [1.165, 1.54) is 27.4 Å². The molecule has 8 nitrogen and oxygen atoms in total. The molecule has 26 heavy (non-hydrogen) atoms. The molecule has 1 fully saturated rings. The van der Waals surface area contributed by atoms with Crippen LogP contribution in [-0.2, 0) is 10.0 Å². The van der Waals surface area contributed by atoms with Crippen molar-refractivity contribution in [1.82, 2.24) is 4.31 Å². The predicted octanol–water partition coefficient (Wildman–Crippen LogP) is 1.11. The van der Waals surface area contributed by atoms with Gasteiger partial charge in [-0.25, -0.2) is 8.42 Å². The molecule has 1 aliphatic rings. The van der Waals surface area contributed by atoms with Crippen molar-refractivity contribution in [3.8, 4) is 0 Å². The number of likely N-dealkylation sites (N-methyl/N-ethyl adjacent to an activating group) is 1. The molecule has 146 valence electrons. The predicted molar refractivity (Wildman–Crippen MR) is 101 cm³/mol. The number of nitro benzene ring substituents is 1. The van der Waals surface area contributed by atoms with Crippen LogP contribution in [0.3, 0.4) is 0 Å². The number of nitrogens with one attached hydrogen (secondary N) is 2. The third-order valence-corrected chi connectivity index (χ3v) is 6.62. The highest BCUT2D eigenvalue weighted by Gasteiger charge is 2.30. The van der Waals surface area contributed by atoms with Gasteiger partial charge in [-0.1, -0.05) is 26.2 Å². The van der Waals surface area contributed by atoms with E-state index in [9.17, 15) is 18.5 Å². The minimum atomic E-state index is -3.70. The lowest BCUT2D eigenvalue weighted by molar-refractivity contribution is -0.883. The lowest BCUT2D eigenvalue weighted by atomic mass is 10.2. The quantitative estimate of drug-likeness (QED) is 0.377. The van der Waals surface area contributed by atoms with Gasteiger partial charge in [0.25, 0.3) is 5.69 Å². The van der Waals surface area contributed by atoms with E-state index in [1.54, 1.807) is 0 Å². The Hall–Kier alpha value is -1.71. The minimum absolute atomic E-state index is 0.0136. The summed E-state index contributed by atoms with van der Waals surface area (Å²) in [5.41, 5.74) is 0.176. The average Bonchev–Trinajstić information content (AvgIpc) is 2.61. The van der Waals surface area contributed by atoms with Crippen molar-refractivity contribution in [1.29, 1.82) is 0 Å². The van der Waals surface area contributed by atoms with E-state index in [0.717, 1.165) is 38.8 Å². The zero-order chi connectivity index (χ0) is 19.2. The van der Waals surface area contributed by atoms with Crippen molar-refractivity contribution in [2.24, 2.45) is 0 Å². The number of nitrogens with zero attached hydrogens (tertiary/aromatic N) is 2. The molecule has 0 spiro atoms. The van der Waals surface area contributed by atoms with Gasteiger partial charge in [-0.3, -0.25) is 10.1 Å². The van der Waals surface area contributed by atoms with Crippen LogP contribution in [0.2, 0.25) is 0 Å². The number of piperazine rings is 1. The number of quaternary nitrogens is 1. The second kappa shape index (κ2) is 9.29. The maximum Gasteiger partial charge on any atom is 0.293 e. The zero-order valence-corrected chi connectivity index (χ0v) is 16.3. The molecule has 0 amide bonds. The number of sulfonamides is 1. The molecule has 9 heteroatoms. The van der Waals surface area contributed by atoms with E-state index in [1.807, 2.05) is 7.05 Å². The van der Waals surface area contributed by atoms with Gasteiger partial charge in [0.15, 0.2) is 0 Å². The molecule has 0 radical (unpaired) electrons. The van der Waals surface area contributed by atoms with Crippen LogP contribution in [0.15, 0.2) is 23.1 Å². The van der Waals surface area contributed by atoms with Gasteiger partial charge in [0.05, 0.1) is 43.0 Å². The number of nitro groups is 1. The number of unbranched alkanes of at least 4 members (excludes halogenated alkanes) is 3. The highest BCUT2D eigenvalue weighted by Crippen LogP contribution is 2.29. The molecule has 1 heterocycles. The van der Waals surface area contributed by atoms with Crippen LogP contribution in [0.25, 0.3) is 0 Å². The number of anilines is 1. The van der Waals surface area contributed by atoms with Crippen molar-refractivity contribution in [3.05, 3.63) is 28.3 Å². The van der Waals surface area contributed by atoms with Gasteiger partial charge < -0.3 is 10.2 Å². The molecule has 0 atom stereocenters. The molecule has 0 aromatic heterocycles. The largest absolute Gasteiger partial charge is 0.379 e. The van der Waals surface area contributed by atoms with Gasteiger partial charge in [-0.2, -0.15) is 4.31 Å². The maximum atomic E-state index is 12.8. The molecule has 0 unspecified atom stereocenters.